The van der Waals surface area contributed by atoms with Gasteiger partial charge >= 0.3 is 0 Å². The topological polar surface area (TPSA) is 35.5 Å². The van der Waals surface area contributed by atoms with Crippen LogP contribution in [-0.4, -0.2) is 8.07 Å². The van der Waals surface area contributed by atoms with Crippen LogP contribution in [0.1, 0.15) is 0 Å². The molecule has 0 spiro atoms. The summed E-state index contributed by atoms with van der Waals surface area (Å²) < 4.78 is 19.2. The van der Waals surface area contributed by atoms with Gasteiger partial charge < -0.3 is 13.6 Å². The van der Waals surface area contributed by atoms with Gasteiger partial charge in [0.1, 0.15) is 28.2 Å². The molecule has 48 heavy (non-hydrogen) atoms. The highest BCUT2D eigenvalue weighted by atomic mass is 28.3. The van der Waals surface area contributed by atoms with E-state index in [0.29, 0.717) is 0 Å². The molecule has 4 heteroatoms. The maximum atomic E-state index is 6.86. The molecule has 0 saturated heterocycles. The lowest BCUT2D eigenvalue weighted by Gasteiger charge is -2.40. The van der Waals surface area contributed by atoms with E-state index in [0.717, 1.165) is 66.7 Å². The number of hydrogen-bond donors (Lipinski definition) is 0. The van der Waals surface area contributed by atoms with Crippen LogP contribution >= 0.6 is 0 Å². The van der Waals surface area contributed by atoms with E-state index < -0.39 is 8.07 Å². The molecule has 1 aliphatic heterocycles. The smallest absolute Gasteiger partial charge is 0.188 e. The maximum Gasteiger partial charge on any atom is 0.188 e. The number of ether oxygens (including phenoxy) is 1. The summed E-state index contributed by atoms with van der Waals surface area (Å²) in [7, 11) is -2.93. The molecule has 10 rings (SSSR count). The lowest BCUT2D eigenvalue weighted by Crippen LogP contribution is -2.76. The van der Waals surface area contributed by atoms with Crippen molar-refractivity contribution in [3.8, 4) is 33.8 Å². The van der Waals surface area contributed by atoms with Gasteiger partial charge in [-0.05, 0) is 67.8 Å². The molecule has 0 unspecified atom stereocenters. The summed E-state index contributed by atoms with van der Waals surface area (Å²) in [5, 5.41) is 8.40. The largest absolute Gasteiger partial charge is 0.464 e. The number of para-hydroxylation sites is 2. The van der Waals surface area contributed by atoms with Crippen molar-refractivity contribution in [2.24, 2.45) is 0 Å². The molecule has 3 heterocycles. The molecular formula is C44H28O3Si. The summed E-state index contributed by atoms with van der Waals surface area (Å²) in [6.07, 6.45) is 1.77. The Bertz CT molecular complexity index is 2610. The Morgan fingerprint density at radius 1 is 0.417 bits per heavy atom. The van der Waals surface area contributed by atoms with Gasteiger partial charge in [-0.15, -0.1) is 0 Å². The van der Waals surface area contributed by atoms with E-state index in [4.69, 9.17) is 13.6 Å². The third kappa shape index (κ3) is 3.87. The van der Waals surface area contributed by atoms with Crippen molar-refractivity contribution < 1.29 is 13.6 Å². The number of fused-ring (bicyclic) bond motifs is 6. The molecule has 0 bridgehead atoms. The van der Waals surface area contributed by atoms with Crippen molar-refractivity contribution in [3.63, 3.8) is 0 Å². The molecule has 2 aromatic heterocycles. The second kappa shape index (κ2) is 10.5. The van der Waals surface area contributed by atoms with Crippen LogP contribution in [-0.2, 0) is 0 Å². The van der Waals surface area contributed by atoms with E-state index in [1.807, 2.05) is 18.2 Å². The minimum Gasteiger partial charge on any atom is -0.464 e. The Balaban J connectivity index is 1.29. The quantitative estimate of drug-likeness (QED) is 0.182. The molecule has 0 radical (unpaired) electrons. The number of furan rings is 2. The minimum atomic E-state index is -2.93. The van der Waals surface area contributed by atoms with Crippen molar-refractivity contribution in [2.45, 2.75) is 0 Å². The van der Waals surface area contributed by atoms with Gasteiger partial charge in [0.15, 0.2) is 8.07 Å². The Morgan fingerprint density at radius 2 is 1.00 bits per heavy atom. The Labute approximate surface area is 278 Å². The second-order valence-corrected chi connectivity index (χ2v) is 16.2. The normalized spacial score (nSPS) is 13.3. The first-order valence-electron chi connectivity index (χ1n) is 16.2. The minimum absolute atomic E-state index is 0.880. The molecule has 9 aromatic rings. The summed E-state index contributed by atoms with van der Waals surface area (Å²) in [5.74, 6) is 1.80. The monoisotopic (exact) mass is 632 g/mol. The van der Waals surface area contributed by atoms with E-state index in [2.05, 4.69) is 146 Å². The highest BCUT2D eigenvalue weighted by molar-refractivity contribution is 7.20. The zero-order valence-electron chi connectivity index (χ0n) is 25.9. The average Bonchev–Trinajstić information content (AvgIpc) is 3.79. The van der Waals surface area contributed by atoms with Crippen LogP contribution in [0, 0.1) is 0 Å². The zero-order valence-corrected chi connectivity index (χ0v) is 26.9. The molecule has 0 N–H and O–H groups in total. The van der Waals surface area contributed by atoms with Crippen molar-refractivity contribution in [1.29, 1.82) is 0 Å². The highest BCUT2D eigenvalue weighted by Crippen LogP contribution is 2.39. The van der Waals surface area contributed by atoms with Crippen LogP contribution in [0.25, 0.3) is 55.2 Å². The first-order chi connectivity index (χ1) is 23.8. The van der Waals surface area contributed by atoms with E-state index in [1.165, 1.54) is 20.7 Å². The van der Waals surface area contributed by atoms with Crippen LogP contribution in [0.3, 0.4) is 0 Å². The summed E-state index contributed by atoms with van der Waals surface area (Å²) in [6.45, 7) is 0. The lowest BCUT2D eigenvalue weighted by atomic mass is 10.0. The van der Waals surface area contributed by atoms with Gasteiger partial charge in [0.25, 0.3) is 0 Å². The average molecular weight is 633 g/mol. The molecular weight excluding hydrogens is 605 g/mol. The Hall–Kier alpha value is -6.10. The standard InChI is InChI=1S/C44H28O3Si/c1-3-11-31(12-4-1)48(32-13-5-2-6-14-32)42-27-29(33-16-10-20-38-36(33)25-26-45-38)21-23-40(42)46-41-24-22-30(28-43(41)48)34-17-9-18-37-35-15-7-8-19-39(35)47-44(34)37/h1-28H. The Kier molecular flexibility index (Phi) is 5.89. The predicted octanol–water partition coefficient (Wildman–Crippen LogP) is 9.15. The highest BCUT2D eigenvalue weighted by Gasteiger charge is 2.48. The molecule has 0 fully saturated rings. The summed E-state index contributed by atoms with van der Waals surface area (Å²) in [4.78, 5) is 0. The first kappa shape index (κ1) is 27.1. The Morgan fingerprint density at radius 3 is 1.73 bits per heavy atom. The van der Waals surface area contributed by atoms with Gasteiger partial charge in [0.05, 0.1) is 6.26 Å². The maximum absolute atomic E-state index is 6.86. The van der Waals surface area contributed by atoms with Crippen LogP contribution in [0.15, 0.2) is 179 Å². The van der Waals surface area contributed by atoms with Gasteiger partial charge in [-0.25, -0.2) is 0 Å². The fraction of sp³-hybridized carbons (Fsp3) is 0. The lowest BCUT2D eigenvalue weighted by molar-refractivity contribution is 0.487. The fourth-order valence-electron chi connectivity index (χ4n) is 7.81. The van der Waals surface area contributed by atoms with Gasteiger partial charge in [0, 0.05) is 21.7 Å². The van der Waals surface area contributed by atoms with Gasteiger partial charge in [-0.3, -0.25) is 0 Å². The summed E-state index contributed by atoms with van der Waals surface area (Å²) in [6, 6.07) is 58.5. The third-order valence-electron chi connectivity index (χ3n) is 9.92. The van der Waals surface area contributed by atoms with E-state index in [9.17, 15) is 0 Å². The van der Waals surface area contributed by atoms with Crippen molar-refractivity contribution >= 4 is 61.7 Å². The van der Waals surface area contributed by atoms with Crippen LogP contribution in [0.2, 0.25) is 0 Å². The number of benzene rings is 7. The molecule has 1 aliphatic rings. The number of rotatable bonds is 4. The molecule has 0 aliphatic carbocycles. The number of hydrogen-bond acceptors (Lipinski definition) is 3. The van der Waals surface area contributed by atoms with Crippen LogP contribution in [0.4, 0.5) is 0 Å². The van der Waals surface area contributed by atoms with E-state index in [-0.39, 0.29) is 0 Å². The molecule has 7 aromatic carbocycles. The van der Waals surface area contributed by atoms with Crippen LogP contribution < -0.4 is 25.5 Å². The summed E-state index contributed by atoms with van der Waals surface area (Å²) >= 11 is 0. The van der Waals surface area contributed by atoms with Crippen molar-refractivity contribution in [3.05, 3.63) is 170 Å². The third-order valence-corrected chi connectivity index (χ3v) is 14.7. The molecule has 0 saturated carbocycles. The molecule has 0 atom stereocenters. The van der Waals surface area contributed by atoms with Gasteiger partial charge in [0.2, 0.25) is 0 Å². The fourth-order valence-corrected chi connectivity index (χ4v) is 12.8. The SMILES string of the molecule is c1ccc([Si]2(c3ccccc3)c3cc(-c4cccc5occc45)ccc3Oc3ccc(-c4cccc5c4oc4ccccc45)cc32)cc1. The van der Waals surface area contributed by atoms with Crippen molar-refractivity contribution in [2.75, 3.05) is 0 Å². The van der Waals surface area contributed by atoms with Crippen molar-refractivity contribution in [1.82, 2.24) is 0 Å². The first-order valence-corrected chi connectivity index (χ1v) is 18.2. The predicted molar refractivity (Wildman–Crippen MR) is 198 cm³/mol. The van der Waals surface area contributed by atoms with E-state index in [1.54, 1.807) is 6.26 Å². The molecule has 226 valence electrons. The van der Waals surface area contributed by atoms with Gasteiger partial charge in [-0.1, -0.05) is 133 Å². The second-order valence-electron chi connectivity index (χ2n) is 12.4. The zero-order chi connectivity index (χ0) is 31.7. The molecule has 3 nitrogen and oxygen atoms in total. The van der Waals surface area contributed by atoms with Crippen LogP contribution in [0.5, 0.6) is 11.5 Å². The van der Waals surface area contributed by atoms with E-state index >= 15 is 0 Å². The summed E-state index contributed by atoms with van der Waals surface area (Å²) in [5.41, 5.74) is 7.13. The van der Waals surface area contributed by atoms with Gasteiger partial charge in [-0.2, -0.15) is 0 Å². The molecule has 0 amide bonds.